The largest absolute Gasteiger partial charge is 0.348 e. The fourth-order valence-corrected chi connectivity index (χ4v) is 2.96. The number of hydrogen-bond donors (Lipinski definition) is 1. The third-order valence-electron chi connectivity index (χ3n) is 4.41. The number of hydrogen-bond acceptors (Lipinski definition) is 2. The second-order valence-corrected chi connectivity index (χ2v) is 5.95. The van der Waals surface area contributed by atoms with E-state index in [2.05, 4.69) is 52.9 Å². The second-order valence-electron chi connectivity index (χ2n) is 5.95. The predicted octanol–water partition coefficient (Wildman–Crippen LogP) is 3.04. The van der Waals surface area contributed by atoms with Gasteiger partial charge in [0, 0.05) is 30.7 Å². The number of fused-ring (bicyclic) bond motifs is 1. The maximum Gasteiger partial charge on any atom is 0.0821 e. The van der Waals surface area contributed by atoms with Crippen LogP contribution in [0.5, 0.6) is 0 Å². The van der Waals surface area contributed by atoms with Crippen LogP contribution in [0, 0.1) is 0 Å². The zero-order valence-corrected chi connectivity index (χ0v) is 12.4. The first-order valence-corrected chi connectivity index (χ1v) is 7.65. The van der Waals surface area contributed by atoms with Crippen molar-refractivity contribution < 1.29 is 0 Å². The molecule has 108 valence electrons. The minimum atomic E-state index is 0.220. The first-order valence-electron chi connectivity index (χ1n) is 7.65. The van der Waals surface area contributed by atoms with Crippen LogP contribution in [0.15, 0.2) is 24.7 Å². The van der Waals surface area contributed by atoms with Gasteiger partial charge in [-0.1, -0.05) is 6.92 Å². The Hall–Kier alpha value is -1.55. The average molecular weight is 272 g/mol. The quantitative estimate of drug-likeness (QED) is 0.930. The third-order valence-corrected chi connectivity index (χ3v) is 4.41. The smallest absolute Gasteiger partial charge is 0.0821 e. The van der Waals surface area contributed by atoms with Crippen LogP contribution < -0.4 is 5.73 Å². The molecule has 0 amide bonds. The molecule has 0 saturated heterocycles. The van der Waals surface area contributed by atoms with Gasteiger partial charge in [0.15, 0.2) is 0 Å². The average Bonchev–Trinajstić information content (AvgIpc) is 3.05. The summed E-state index contributed by atoms with van der Waals surface area (Å²) in [6, 6.07) is 2.80. The van der Waals surface area contributed by atoms with Crippen molar-refractivity contribution in [3.05, 3.63) is 41.5 Å². The first-order chi connectivity index (χ1) is 9.67. The van der Waals surface area contributed by atoms with Gasteiger partial charge in [-0.15, -0.1) is 0 Å². The van der Waals surface area contributed by atoms with E-state index in [0.717, 1.165) is 31.5 Å². The summed E-state index contributed by atoms with van der Waals surface area (Å²) in [7, 11) is 0. The Morgan fingerprint density at radius 2 is 2.30 bits per heavy atom. The van der Waals surface area contributed by atoms with E-state index in [1.54, 1.807) is 0 Å². The highest BCUT2D eigenvalue weighted by Crippen LogP contribution is 2.28. The zero-order valence-electron chi connectivity index (χ0n) is 12.4. The second kappa shape index (κ2) is 5.44. The highest BCUT2D eigenvalue weighted by Gasteiger charge is 2.18. The molecule has 4 nitrogen and oxygen atoms in total. The van der Waals surface area contributed by atoms with Crippen LogP contribution in [0.2, 0.25) is 0 Å². The standard InChI is InChI=1S/C16H24N4/c1-3-12(2)20-8-7-14(18-20)10-19-9-13-5-4-6-16(17)15(13)11-19/h7-9,11-12,16H,3-6,10,17H2,1-2H3. The van der Waals surface area contributed by atoms with Crippen LogP contribution in [0.1, 0.15) is 62.0 Å². The molecule has 3 rings (SSSR count). The number of nitrogens with two attached hydrogens (primary N) is 1. The van der Waals surface area contributed by atoms with Crippen molar-refractivity contribution in [2.75, 3.05) is 0 Å². The SMILES string of the molecule is CCC(C)n1ccc(Cn2cc3c(c2)C(N)CCC3)n1. The Morgan fingerprint density at radius 3 is 3.05 bits per heavy atom. The highest BCUT2D eigenvalue weighted by atomic mass is 15.3. The van der Waals surface area contributed by atoms with E-state index in [1.165, 1.54) is 17.5 Å². The van der Waals surface area contributed by atoms with Gasteiger partial charge in [0.05, 0.1) is 12.2 Å². The maximum absolute atomic E-state index is 6.18. The lowest BCUT2D eigenvalue weighted by molar-refractivity contribution is 0.472. The Balaban J connectivity index is 1.76. The summed E-state index contributed by atoms with van der Waals surface area (Å²) >= 11 is 0. The number of aryl methyl sites for hydroxylation is 1. The van der Waals surface area contributed by atoms with Crippen molar-refractivity contribution in [1.29, 1.82) is 0 Å². The van der Waals surface area contributed by atoms with Gasteiger partial charge < -0.3 is 10.3 Å². The molecule has 2 aromatic heterocycles. The summed E-state index contributed by atoms with van der Waals surface area (Å²) in [5, 5.41) is 4.67. The van der Waals surface area contributed by atoms with Gasteiger partial charge in [-0.2, -0.15) is 5.10 Å². The molecule has 0 aliphatic heterocycles. The number of rotatable bonds is 4. The summed E-state index contributed by atoms with van der Waals surface area (Å²) in [4.78, 5) is 0. The molecule has 2 unspecified atom stereocenters. The highest BCUT2D eigenvalue weighted by molar-refractivity contribution is 5.30. The molecule has 0 fully saturated rings. The Morgan fingerprint density at radius 1 is 1.45 bits per heavy atom. The molecule has 0 radical (unpaired) electrons. The molecule has 0 saturated carbocycles. The minimum absolute atomic E-state index is 0.220. The van der Waals surface area contributed by atoms with E-state index in [9.17, 15) is 0 Å². The van der Waals surface area contributed by atoms with Crippen LogP contribution in [0.25, 0.3) is 0 Å². The lowest BCUT2D eigenvalue weighted by atomic mass is 9.92. The van der Waals surface area contributed by atoms with Gasteiger partial charge in [-0.25, -0.2) is 0 Å². The van der Waals surface area contributed by atoms with E-state index >= 15 is 0 Å². The summed E-state index contributed by atoms with van der Waals surface area (Å²) in [6.45, 7) is 5.22. The van der Waals surface area contributed by atoms with Crippen LogP contribution in [0.4, 0.5) is 0 Å². The van der Waals surface area contributed by atoms with Crippen molar-refractivity contribution in [3.8, 4) is 0 Å². The van der Waals surface area contributed by atoms with Crippen molar-refractivity contribution in [2.24, 2.45) is 5.73 Å². The van der Waals surface area contributed by atoms with Crippen LogP contribution in [-0.4, -0.2) is 14.3 Å². The summed E-state index contributed by atoms with van der Waals surface area (Å²) in [6.07, 6.45) is 11.1. The Bertz CT molecular complexity index is 581. The molecule has 2 heterocycles. The third kappa shape index (κ3) is 2.52. The monoisotopic (exact) mass is 272 g/mol. The van der Waals surface area contributed by atoms with Gasteiger partial charge in [0.2, 0.25) is 0 Å². The van der Waals surface area contributed by atoms with Gasteiger partial charge in [0.25, 0.3) is 0 Å². The molecule has 1 aliphatic rings. The van der Waals surface area contributed by atoms with Crippen molar-refractivity contribution >= 4 is 0 Å². The Kier molecular flexibility index (Phi) is 3.66. The lowest BCUT2D eigenvalue weighted by Crippen LogP contribution is -2.15. The van der Waals surface area contributed by atoms with Crippen LogP contribution in [0.3, 0.4) is 0 Å². The van der Waals surface area contributed by atoms with Crippen LogP contribution >= 0.6 is 0 Å². The van der Waals surface area contributed by atoms with E-state index in [-0.39, 0.29) is 6.04 Å². The van der Waals surface area contributed by atoms with Crippen LogP contribution in [-0.2, 0) is 13.0 Å². The maximum atomic E-state index is 6.18. The topological polar surface area (TPSA) is 48.8 Å². The molecule has 1 aliphatic carbocycles. The summed E-state index contributed by atoms with van der Waals surface area (Å²) in [5.74, 6) is 0. The molecule has 2 aromatic rings. The molecule has 20 heavy (non-hydrogen) atoms. The zero-order chi connectivity index (χ0) is 14.1. The molecule has 2 N–H and O–H groups in total. The first kappa shape index (κ1) is 13.4. The molecule has 0 aromatic carbocycles. The molecular formula is C16H24N4. The molecular weight excluding hydrogens is 248 g/mol. The lowest BCUT2D eigenvalue weighted by Gasteiger charge is -2.17. The fraction of sp³-hybridized carbons (Fsp3) is 0.562. The van der Waals surface area contributed by atoms with E-state index < -0.39 is 0 Å². The minimum Gasteiger partial charge on any atom is -0.348 e. The summed E-state index contributed by atoms with van der Waals surface area (Å²) < 4.78 is 4.30. The number of nitrogens with zero attached hydrogens (tertiary/aromatic N) is 3. The van der Waals surface area contributed by atoms with Crippen molar-refractivity contribution in [3.63, 3.8) is 0 Å². The van der Waals surface area contributed by atoms with E-state index in [1.807, 2.05) is 0 Å². The predicted molar refractivity (Wildman–Crippen MR) is 80.6 cm³/mol. The number of aromatic nitrogens is 3. The summed E-state index contributed by atoms with van der Waals surface area (Å²) in [5.41, 5.74) is 10.1. The molecule has 4 heteroatoms. The van der Waals surface area contributed by atoms with Gasteiger partial charge >= 0.3 is 0 Å². The van der Waals surface area contributed by atoms with E-state index in [0.29, 0.717) is 6.04 Å². The van der Waals surface area contributed by atoms with Crippen molar-refractivity contribution in [2.45, 2.75) is 58.2 Å². The molecule has 2 atom stereocenters. The van der Waals surface area contributed by atoms with Gasteiger partial charge in [0.1, 0.15) is 0 Å². The van der Waals surface area contributed by atoms with Gasteiger partial charge in [-0.3, -0.25) is 4.68 Å². The van der Waals surface area contributed by atoms with E-state index in [4.69, 9.17) is 5.73 Å². The van der Waals surface area contributed by atoms with Gasteiger partial charge in [-0.05, 0) is 49.8 Å². The van der Waals surface area contributed by atoms with Crippen molar-refractivity contribution in [1.82, 2.24) is 14.3 Å². The Labute approximate surface area is 120 Å². The fourth-order valence-electron chi connectivity index (χ4n) is 2.96. The molecule has 0 bridgehead atoms. The molecule has 0 spiro atoms. The normalized spacial score (nSPS) is 19.9.